The maximum atomic E-state index is 12.4. The minimum atomic E-state index is 0.103. The van der Waals surface area contributed by atoms with E-state index in [0.717, 1.165) is 22.3 Å². The van der Waals surface area contributed by atoms with Crippen molar-refractivity contribution in [3.05, 3.63) is 57.7 Å². The predicted molar refractivity (Wildman–Crippen MR) is 94.4 cm³/mol. The number of amides is 1. The normalized spacial score (nSPS) is 10.5. The molecule has 3 nitrogen and oxygen atoms in total. The van der Waals surface area contributed by atoms with E-state index in [1.54, 1.807) is 11.1 Å². The smallest absolute Gasteiger partial charge is 0.228 e. The van der Waals surface area contributed by atoms with Crippen LogP contribution in [0, 0.1) is 0 Å². The molecule has 0 saturated carbocycles. The highest BCUT2D eigenvalue weighted by atomic mass is 79.9. The third-order valence-electron chi connectivity index (χ3n) is 3.37. The van der Waals surface area contributed by atoms with Gasteiger partial charge in [-0.2, -0.15) is 0 Å². The zero-order valence-electron chi connectivity index (χ0n) is 12.4. The van der Waals surface area contributed by atoms with Crippen molar-refractivity contribution in [2.75, 3.05) is 11.4 Å². The van der Waals surface area contributed by atoms with Crippen LogP contribution >= 0.6 is 27.5 Å². The molecular weight excluding hydrogens is 364 g/mol. The molecule has 2 rings (SSSR count). The second-order valence-corrected chi connectivity index (χ2v) is 6.30. The fourth-order valence-electron chi connectivity index (χ4n) is 2.22. The summed E-state index contributed by atoms with van der Waals surface area (Å²) >= 11 is 9.22. The molecule has 0 aliphatic carbocycles. The van der Waals surface area contributed by atoms with Gasteiger partial charge in [-0.3, -0.25) is 9.69 Å². The van der Waals surface area contributed by atoms with Gasteiger partial charge in [-0.1, -0.05) is 23.7 Å². The maximum absolute atomic E-state index is 12.4. The highest BCUT2D eigenvalue weighted by Crippen LogP contribution is 2.17. The molecule has 0 fully saturated rings. The number of halogens is 2. The van der Waals surface area contributed by atoms with Crippen molar-refractivity contribution < 1.29 is 4.79 Å². The van der Waals surface area contributed by atoms with Crippen LogP contribution in [0.15, 0.2) is 47.1 Å². The monoisotopic (exact) mass is 380 g/mol. The SMILES string of the molecule is CCN(C(=O)CCCc1ccc(Cl)cc1)c1ccc(Br)cn1. The number of carbonyl (C=O) groups excluding carboxylic acids is 1. The van der Waals surface area contributed by atoms with Crippen LogP contribution in [0.5, 0.6) is 0 Å². The molecule has 1 heterocycles. The molecule has 0 saturated heterocycles. The van der Waals surface area contributed by atoms with Gasteiger partial charge in [0, 0.05) is 28.7 Å². The summed E-state index contributed by atoms with van der Waals surface area (Å²) in [5.41, 5.74) is 1.20. The van der Waals surface area contributed by atoms with Crippen LogP contribution in [0.25, 0.3) is 0 Å². The van der Waals surface area contributed by atoms with Gasteiger partial charge in [0.15, 0.2) is 0 Å². The van der Waals surface area contributed by atoms with E-state index in [1.165, 1.54) is 5.56 Å². The second kappa shape index (κ2) is 8.30. The summed E-state index contributed by atoms with van der Waals surface area (Å²) in [6, 6.07) is 11.5. The van der Waals surface area contributed by atoms with Crippen LogP contribution in [-0.2, 0) is 11.2 Å². The fraction of sp³-hybridized carbons (Fsp3) is 0.294. The Hall–Kier alpha value is -1.39. The Kier molecular flexibility index (Phi) is 6.40. The zero-order chi connectivity index (χ0) is 15.9. The molecule has 1 amide bonds. The second-order valence-electron chi connectivity index (χ2n) is 4.95. The molecule has 0 atom stereocenters. The van der Waals surface area contributed by atoms with Gasteiger partial charge in [-0.15, -0.1) is 0 Å². The van der Waals surface area contributed by atoms with E-state index in [1.807, 2.05) is 43.3 Å². The molecular formula is C17H18BrClN2O. The van der Waals surface area contributed by atoms with E-state index < -0.39 is 0 Å². The zero-order valence-corrected chi connectivity index (χ0v) is 14.8. The van der Waals surface area contributed by atoms with Crippen LogP contribution < -0.4 is 4.90 Å². The van der Waals surface area contributed by atoms with Gasteiger partial charge in [0.1, 0.15) is 5.82 Å². The third kappa shape index (κ3) is 4.82. The van der Waals surface area contributed by atoms with Gasteiger partial charge in [-0.25, -0.2) is 4.98 Å². The lowest BCUT2D eigenvalue weighted by molar-refractivity contribution is -0.118. The molecule has 0 spiro atoms. The lowest BCUT2D eigenvalue weighted by Gasteiger charge is -2.19. The van der Waals surface area contributed by atoms with Crippen LogP contribution in [0.1, 0.15) is 25.3 Å². The summed E-state index contributed by atoms with van der Waals surface area (Å²) < 4.78 is 0.905. The number of anilines is 1. The van der Waals surface area contributed by atoms with Gasteiger partial charge < -0.3 is 0 Å². The number of aryl methyl sites for hydroxylation is 1. The predicted octanol–water partition coefficient (Wildman–Crippen LogP) is 4.87. The molecule has 1 aromatic carbocycles. The Morgan fingerprint density at radius 1 is 1.23 bits per heavy atom. The van der Waals surface area contributed by atoms with Crippen molar-refractivity contribution in [1.29, 1.82) is 0 Å². The molecule has 0 aliphatic heterocycles. The van der Waals surface area contributed by atoms with Crippen LogP contribution in [0.2, 0.25) is 5.02 Å². The van der Waals surface area contributed by atoms with Crippen LogP contribution in [0.4, 0.5) is 5.82 Å². The highest BCUT2D eigenvalue weighted by Gasteiger charge is 2.14. The molecule has 1 aromatic heterocycles. The largest absolute Gasteiger partial charge is 0.297 e. The summed E-state index contributed by atoms with van der Waals surface area (Å²) in [5.74, 6) is 0.800. The van der Waals surface area contributed by atoms with Crippen molar-refractivity contribution in [2.24, 2.45) is 0 Å². The average Bonchev–Trinajstić information content (AvgIpc) is 2.52. The number of hydrogen-bond donors (Lipinski definition) is 0. The van der Waals surface area contributed by atoms with Crippen molar-refractivity contribution in [2.45, 2.75) is 26.2 Å². The lowest BCUT2D eigenvalue weighted by Crippen LogP contribution is -2.31. The number of hydrogen-bond acceptors (Lipinski definition) is 2. The first-order valence-corrected chi connectivity index (χ1v) is 8.43. The fourth-order valence-corrected chi connectivity index (χ4v) is 2.58. The van der Waals surface area contributed by atoms with Crippen LogP contribution in [0.3, 0.4) is 0 Å². The first-order chi connectivity index (χ1) is 10.6. The van der Waals surface area contributed by atoms with Gasteiger partial charge >= 0.3 is 0 Å². The van der Waals surface area contributed by atoms with E-state index >= 15 is 0 Å². The number of rotatable bonds is 6. The van der Waals surface area contributed by atoms with Crippen molar-refractivity contribution >= 4 is 39.3 Å². The minimum Gasteiger partial charge on any atom is -0.297 e. The number of pyridine rings is 1. The minimum absolute atomic E-state index is 0.103. The summed E-state index contributed by atoms with van der Waals surface area (Å²) in [7, 11) is 0. The quantitative estimate of drug-likeness (QED) is 0.715. The topological polar surface area (TPSA) is 33.2 Å². The van der Waals surface area contributed by atoms with E-state index in [0.29, 0.717) is 18.8 Å². The Morgan fingerprint density at radius 3 is 2.55 bits per heavy atom. The van der Waals surface area contributed by atoms with Crippen LogP contribution in [-0.4, -0.2) is 17.4 Å². The number of nitrogens with zero attached hydrogens (tertiary/aromatic N) is 2. The molecule has 116 valence electrons. The molecule has 0 aliphatic rings. The number of aromatic nitrogens is 1. The van der Waals surface area contributed by atoms with Crippen molar-refractivity contribution in [3.63, 3.8) is 0 Å². The molecule has 22 heavy (non-hydrogen) atoms. The van der Waals surface area contributed by atoms with Crippen molar-refractivity contribution in [1.82, 2.24) is 4.98 Å². The Morgan fingerprint density at radius 2 is 1.95 bits per heavy atom. The Labute approximate surface area is 144 Å². The van der Waals surface area contributed by atoms with Gasteiger partial charge in [0.25, 0.3) is 0 Å². The molecule has 0 radical (unpaired) electrons. The molecule has 2 aromatic rings. The average molecular weight is 382 g/mol. The van der Waals surface area contributed by atoms with Gasteiger partial charge in [0.2, 0.25) is 5.91 Å². The first kappa shape index (κ1) is 17.0. The molecule has 0 unspecified atom stereocenters. The number of benzene rings is 1. The van der Waals surface area contributed by atoms with Gasteiger partial charge in [-0.05, 0) is 65.5 Å². The summed E-state index contributed by atoms with van der Waals surface area (Å²) in [4.78, 5) is 18.4. The Bertz CT molecular complexity index is 614. The third-order valence-corrected chi connectivity index (χ3v) is 4.10. The van der Waals surface area contributed by atoms with E-state index in [-0.39, 0.29) is 5.91 Å². The maximum Gasteiger partial charge on any atom is 0.228 e. The highest BCUT2D eigenvalue weighted by molar-refractivity contribution is 9.10. The van der Waals surface area contributed by atoms with Gasteiger partial charge in [0.05, 0.1) is 0 Å². The van der Waals surface area contributed by atoms with E-state index in [9.17, 15) is 4.79 Å². The first-order valence-electron chi connectivity index (χ1n) is 7.26. The molecule has 0 bridgehead atoms. The Balaban J connectivity index is 1.89. The van der Waals surface area contributed by atoms with Crippen molar-refractivity contribution in [3.8, 4) is 0 Å². The van der Waals surface area contributed by atoms with E-state index in [4.69, 9.17) is 11.6 Å². The molecule has 5 heteroatoms. The molecule has 0 N–H and O–H groups in total. The van der Waals surface area contributed by atoms with E-state index in [2.05, 4.69) is 20.9 Å². The summed E-state index contributed by atoms with van der Waals surface area (Å²) in [6.45, 7) is 2.58. The summed E-state index contributed by atoms with van der Waals surface area (Å²) in [6.07, 6.45) is 3.90. The lowest BCUT2D eigenvalue weighted by atomic mass is 10.1. The standard InChI is InChI=1S/C17H18BrClN2O/c1-2-21(16-11-8-14(18)12-20-16)17(22)5-3-4-13-6-9-15(19)10-7-13/h6-12H,2-5H2,1H3. The summed E-state index contributed by atoms with van der Waals surface area (Å²) in [5, 5.41) is 0.735. The number of carbonyl (C=O) groups is 1.